The highest BCUT2D eigenvalue weighted by Crippen LogP contribution is 2.25. The fraction of sp³-hybridized carbons (Fsp3) is 0.333. The van der Waals surface area contributed by atoms with Gasteiger partial charge in [-0.1, -0.05) is 13.0 Å². The second-order valence-electron chi connectivity index (χ2n) is 3.55. The summed E-state index contributed by atoms with van der Waals surface area (Å²) >= 11 is 3.63. The first-order valence-corrected chi connectivity index (χ1v) is 6.85. The van der Waals surface area contributed by atoms with Crippen molar-refractivity contribution in [3.8, 4) is 0 Å². The number of rotatable bonds is 4. The first-order valence-electron chi connectivity index (χ1n) is 5.16. The molecule has 0 aliphatic carbocycles. The highest BCUT2D eigenvalue weighted by molar-refractivity contribution is 7.12. The molecule has 0 spiro atoms. The van der Waals surface area contributed by atoms with E-state index in [4.69, 9.17) is 5.73 Å². The van der Waals surface area contributed by atoms with E-state index in [0.717, 1.165) is 12.8 Å². The summed E-state index contributed by atoms with van der Waals surface area (Å²) in [6.45, 7) is 2.18. The molecule has 1 atom stereocenters. The third-order valence-corrected chi connectivity index (χ3v) is 4.66. The molecule has 0 aliphatic rings. The molecule has 80 valence electrons. The summed E-state index contributed by atoms with van der Waals surface area (Å²) in [5, 5.41) is 2.11. The van der Waals surface area contributed by atoms with E-state index in [1.807, 2.05) is 11.3 Å². The maximum atomic E-state index is 6.17. The van der Waals surface area contributed by atoms with Gasteiger partial charge < -0.3 is 5.73 Å². The highest BCUT2D eigenvalue weighted by Gasteiger charge is 2.09. The Labute approximate surface area is 98.6 Å². The minimum absolute atomic E-state index is 0.161. The van der Waals surface area contributed by atoms with Gasteiger partial charge >= 0.3 is 0 Å². The minimum Gasteiger partial charge on any atom is -0.323 e. The molecule has 0 saturated heterocycles. The Balaban J connectivity index is 2.04. The summed E-state index contributed by atoms with van der Waals surface area (Å²) < 4.78 is 0. The van der Waals surface area contributed by atoms with Crippen molar-refractivity contribution in [3.63, 3.8) is 0 Å². The fourth-order valence-corrected chi connectivity index (χ4v) is 3.25. The van der Waals surface area contributed by atoms with Gasteiger partial charge in [0, 0.05) is 27.1 Å². The average Bonchev–Trinajstić information content (AvgIpc) is 2.86. The van der Waals surface area contributed by atoms with Crippen molar-refractivity contribution in [3.05, 3.63) is 44.3 Å². The van der Waals surface area contributed by atoms with Gasteiger partial charge in [0.1, 0.15) is 0 Å². The van der Waals surface area contributed by atoms with Crippen LogP contribution >= 0.6 is 22.7 Å². The van der Waals surface area contributed by atoms with Gasteiger partial charge in [-0.05, 0) is 30.0 Å². The normalized spacial score (nSPS) is 12.9. The molecule has 2 aromatic rings. The second-order valence-corrected chi connectivity index (χ2v) is 5.78. The summed E-state index contributed by atoms with van der Waals surface area (Å²) in [5.41, 5.74) is 6.17. The Morgan fingerprint density at radius 3 is 2.73 bits per heavy atom. The summed E-state index contributed by atoms with van der Waals surface area (Å²) in [6.07, 6.45) is 2.07. The molecule has 0 fully saturated rings. The molecule has 2 N–H and O–H groups in total. The number of nitrogens with two attached hydrogens (primary N) is 1. The zero-order chi connectivity index (χ0) is 10.7. The number of aryl methyl sites for hydroxylation is 1. The molecule has 2 rings (SSSR count). The molecule has 0 bridgehead atoms. The van der Waals surface area contributed by atoms with Gasteiger partial charge in [0.25, 0.3) is 0 Å². The Morgan fingerprint density at radius 1 is 1.27 bits per heavy atom. The van der Waals surface area contributed by atoms with E-state index < -0.39 is 0 Å². The molecule has 0 amide bonds. The molecule has 0 aromatic carbocycles. The zero-order valence-electron chi connectivity index (χ0n) is 8.77. The van der Waals surface area contributed by atoms with Crippen LogP contribution in [0.5, 0.6) is 0 Å². The fourth-order valence-electron chi connectivity index (χ4n) is 1.53. The summed E-state index contributed by atoms with van der Waals surface area (Å²) in [4.78, 5) is 4.10. The Hall–Kier alpha value is -0.640. The van der Waals surface area contributed by atoms with Crippen molar-refractivity contribution in [2.75, 3.05) is 0 Å². The second kappa shape index (κ2) is 4.92. The molecule has 0 radical (unpaired) electrons. The largest absolute Gasteiger partial charge is 0.323 e. The van der Waals surface area contributed by atoms with Crippen molar-refractivity contribution in [1.29, 1.82) is 0 Å². The van der Waals surface area contributed by atoms with E-state index in [0.29, 0.717) is 0 Å². The van der Waals surface area contributed by atoms with E-state index in [1.165, 1.54) is 14.6 Å². The average molecular weight is 237 g/mol. The van der Waals surface area contributed by atoms with Crippen LogP contribution in [0.25, 0.3) is 0 Å². The van der Waals surface area contributed by atoms with Gasteiger partial charge in [-0.2, -0.15) is 0 Å². The molecule has 0 saturated carbocycles. The van der Waals surface area contributed by atoms with Crippen molar-refractivity contribution in [2.24, 2.45) is 5.73 Å². The standard InChI is InChI=1S/C12H15NS2/c1-2-9-5-6-12(15-9)11(13)8-10-4-3-7-14-10/h3-7,11H,2,8,13H2,1H3. The number of thiophene rings is 2. The molecule has 15 heavy (non-hydrogen) atoms. The first-order chi connectivity index (χ1) is 7.29. The molecule has 0 aliphatic heterocycles. The minimum atomic E-state index is 0.161. The zero-order valence-corrected chi connectivity index (χ0v) is 10.4. The number of hydrogen-bond donors (Lipinski definition) is 1. The molecule has 2 heterocycles. The lowest BCUT2D eigenvalue weighted by Crippen LogP contribution is -2.10. The molecule has 1 nitrogen and oxygen atoms in total. The van der Waals surface area contributed by atoms with Crippen LogP contribution in [-0.4, -0.2) is 0 Å². The van der Waals surface area contributed by atoms with E-state index >= 15 is 0 Å². The highest BCUT2D eigenvalue weighted by atomic mass is 32.1. The Morgan fingerprint density at radius 2 is 2.13 bits per heavy atom. The lowest BCUT2D eigenvalue weighted by Gasteiger charge is -2.07. The van der Waals surface area contributed by atoms with Crippen molar-refractivity contribution >= 4 is 22.7 Å². The van der Waals surface area contributed by atoms with Crippen molar-refractivity contribution < 1.29 is 0 Å². The van der Waals surface area contributed by atoms with Crippen molar-refractivity contribution in [1.82, 2.24) is 0 Å². The number of hydrogen-bond acceptors (Lipinski definition) is 3. The lowest BCUT2D eigenvalue weighted by molar-refractivity contribution is 0.745. The van der Waals surface area contributed by atoms with Crippen LogP contribution in [0.1, 0.15) is 27.6 Å². The van der Waals surface area contributed by atoms with Gasteiger partial charge in [0.2, 0.25) is 0 Å². The predicted octanol–water partition coefficient (Wildman–Crippen LogP) is 3.61. The van der Waals surface area contributed by atoms with Crippen LogP contribution < -0.4 is 5.73 Å². The third kappa shape index (κ3) is 2.68. The van der Waals surface area contributed by atoms with Crippen LogP contribution in [0.4, 0.5) is 0 Å². The molecular weight excluding hydrogens is 222 g/mol. The Kier molecular flexibility index (Phi) is 3.57. The summed E-state index contributed by atoms with van der Waals surface area (Å²) in [7, 11) is 0. The van der Waals surface area contributed by atoms with Crippen LogP contribution in [-0.2, 0) is 12.8 Å². The summed E-state index contributed by atoms with van der Waals surface area (Å²) in [5.74, 6) is 0. The monoisotopic (exact) mass is 237 g/mol. The van der Waals surface area contributed by atoms with Gasteiger partial charge in [-0.25, -0.2) is 0 Å². The lowest BCUT2D eigenvalue weighted by atomic mass is 10.1. The molecule has 2 aromatic heterocycles. The van der Waals surface area contributed by atoms with E-state index in [1.54, 1.807) is 11.3 Å². The Bertz CT molecular complexity index is 403. The van der Waals surface area contributed by atoms with Gasteiger partial charge in [-0.3, -0.25) is 0 Å². The van der Waals surface area contributed by atoms with Crippen LogP contribution in [0.15, 0.2) is 29.6 Å². The SMILES string of the molecule is CCc1ccc(C(N)Cc2cccs2)s1. The van der Waals surface area contributed by atoms with E-state index in [2.05, 4.69) is 36.6 Å². The quantitative estimate of drug-likeness (QED) is 0.863. The van der Waals surface area contributed by atoms with Gasteiger partial charge in [-0.15, -0.1) is 22.7 Å². The molecular formula is C12H15NS2. The molecule has 3 heteroatoms. The maximum Gasteiger partial charge on any atom is 0.0438 e. The van der Waals surface area contributed by atoms with Crippen LogP contribution in [0.2, 0.25) is 0 Å². The topological polar surface area (TPSA) is 26.0 Å². The van der Waals surface area contributed by atoms with E-state index in [-0.39, 0.29) is 6.04 Å². The van der Waals surface area contributed by atoms with Gasteiger partial charge in [0.05, 0.1) is 0 Å². The summed E-state index contributed by atoms with van der Waals surface area (Å²) in [6, 6.07) is 8.75. The third-order valence-electron chi connectivity index (χ3n) is 2.40. The van der Waals surface area contributed by atoms with Crippen LogP contribution in [0.3, 0.4) is 0 Å². The first kappa shape index (κ1) is 10.9. The smallest absolute Gasteiger partial charge is 0.0438 e. The molecule has 1 unspecified atom stereocenters. The van der Waals surface area contributed by atoms with Crippen molar-refractivity contribution in [2.45, 2.75) is 25.8 Å². The predicted molar refractivity (Wildman–Crippen MR) is 68.6 cm³/mol. The maximum absolute atomic E-state index is 6.17. The van der Waals surface area contributed by atoms with Gasteiger partial charge in [0.15, 0.2) is 0 Å². The van der Waals surface area contributed by atoms with Crippen LogP contribution in [0, 0.1) is 0 Å². The van der Waals surface area contributed by atoms with E-state index in [9.17, 15) is 0 Å².